The molecule has 0 saturated carbocycles. The van der Waals surface area contributed by atoms with E-state index in [4.69, 9.17) is 9.90 Å². The van der Waals surface area contributed by atoms with Crippen LogP contribution < -0.4 is 0 Å². The monoisotopic (exact) mass is 372 g/mol. The van der Waals surface area contributed by atoms with Crippen LogP contribution in [0.5, 0.6) is 0 Å². The molecule has 6 nitrogen and oxygen atoms in total. The molecule has 0 atom stereocenters. The van der Waals surface area contributed by atoms with Crippen LogP contribution in [0.2, 0.25) is 0 Å². The molecule has 0 radical (unpaired) electrons. The number of carbonyl (C=O) groups is 1. The molecule has 2 heterocycles. The van der Waals surface area contributed by atoms with Crippen molar-refractivity contribution < 1.29 is 23.1 Å². The maximum absolute atomic E-state index is 10.6. The van der Waals surface area contributed by atoms with Gasteiger partial charge in [0.15, 0.2) is 0 Å². The fraction of sp³-hybridized carbons (Fsp3) is 0.529. The van der Waals surface area contributed by atoms with Gasteiger partial charge in [-0.05, 0) is 50.7 Å². The van der Waals surface area contributed by atoms with E-state index in [1.165, 1.54) is 43.4 Å². The summed E-state index contributed by atoms with van der Waals surface area (Å²) < 4.78 is 31.7. The quantitative estimate of drug-likeness (QED) is 0.844. The van der Waals surface area contributed by atoms with Gasteiger partial charge in [0.2, 0.25) is 0 Å². The molecule has 144 valence electrons. The molecule has 3 rings (SSSR count). The van der Waals surface area contributed by atoms with Gasteiger partial charge < -0.3 is 14.9 Å². The van der Waals surface area contributed by atoms with Gasteiger partial charge in [-0.2, -0.15) is 18.3 Å². The minimum atomic E-state index is -5.08. The second-order valence-electron chi connectivity index (χ2n) is 6.38. The number of aromatic amines is 1. The molecule has 1 aromatic carbocycles. The van der Waals surface area contributed by atoms with E-state index in [9.17, 15) is 13.2 Å². The Morgan fingerprint density at radius 2 is 2.00 bits per heavy atom. The summed E-state index contributed by atoms with van der Waals surface area (Å²) in [6, 6.07) is 6.53. The van der Waals surface area contributed by atoms with Gasteiger partial charge in [-0.15, -0.1) is 0 Å². The Bertz CT molecular complexity index is 711. The Morgan fingerprint density at radius 3 is 2.62 bits per heavy atom. The van der Waals surface area contributed by atoms with Gasteiger partial charge in [-0.3, -0.25) is 5.10 Å². The number of likely N-dealkylation sites (N-methyl/N-ethyl adjacent to an activating group) is 1. The Balaban J connectivity index is 0.000000298. The number of benzene rings is 1. The van der Waals surface area contributed by atoms with E-state index in [2.05, 4.69) is 45.2 Å². The summed E-state index contributed by atoms with van der Waals surface area (Å²) in [4.78, 5) is 13.9. The number of hydrogen-bond acceptors (Lipinski definition) is 4. The fourth-order valence-corrected chi connectivity index (χ4v) is 2.80. The molecule has 0 amide bonds. The number of H-pyrrole nitrogens is 1. The Morgan fingerprint density at radius 1 is 1.35 bits per heavy atom. The van der Waals surface area contributed by atoms with E-state index in [0.29, 0.717) is 0 Å². The highest BCUT2D eigenvalue weighted by Crippen LogP contribution is 2.14. The third kappa shape index (κ3) is 6.30. The molecule has 1 aliphatic rings. The van der Waals surface area contributed by atoms with Crippen molar-refractivity contribution in [1.29, 1.82) is 0 Å². The molecule has 2 N–H and O–H groups in total. The zero-order valence-corrected chi connectivity index (χ0v) is 14.6. The number of nitrogens with zero attached hydrogens (tertiary/aromatic N) is 3. The maximum Gasteiger partial charge on any atom is 0.490 e. The summed E-state index contributed by atoms with van der Waals surface area (Å²) in [5.41, 5.74) is 2.47. The SMILES string of the molecule is CN(CCN1CCCC1)Cc1ccc2[nH]ncc2c1.O=C(O)C(F)(F)F. The van der Waals surface area contributed by atoms with E-state index in [-0.39, 0.29) is 0 Å². The van der Waals surface area contributed by atoms with Gasteiger partial charge in [0.25, 0.3) is 0 Å². The van der Waals surface area contributed by atoms with Crippen LogP contribution in [-0.2, 0) is 11.3 Å². The lowest BCUT2D eigenvalue weighted by molar-refractivity contribution is -0.192. The van der Waals surface area contributed by atoms with Crippen molar-refractivity contribution >= 4 is 16.9 Å². The summed E-state index contributed by atoms with van der Waals surface area (Å²) in [5, 5.41) is 15.4. The molecule has 9 heteroatoms. The first-order valence-electron chi connectivity index (χ1n) is 8.39. The minimum Gasteiger partial charge on any atom is -0.475 e. The number of nitrogens with one attached hydrogen (secondary N) is 1. The van der Waals surface area contributed by atoms with Crippen LogP contribution in [0.15, 0.2) is 24.4 Å². The molecule has 0 bridgehead atoms. The Hall–Kier alpha value is -2.13. The number of aliphatic carboxylic acids is 1. The first-order chi connectivity index (χ1) is 12.3. The third-order valence-corrected chi connectivity index (χ3v) is 4.20. The van der Waals surface area contributed by atoms with Crippen molar-refractivity contribution in [2.24, 2.45) is 0 Å². The summed E-state index contributed by atoms with van der Waals surface area (Å²) in [7, 11) is 2.20. The minimum absolute atomic E-state index is 1.01. The second-order valence-corrected chi connectivity index (χ2v) is 6.38. The number of alkyl halides is 3. The Labute approximate surface area is 149 Å². The average Bonchev–Trinajstić information content (AvgIpc) is 3.23. The number of fused-ring (bicyclic) bond motifs is 1. The zero-order chi connectivity index (χ0) is 19.2. The van der Waals surface area contributed by atoms with Gasteiger partial charge >= 0.3 is 12.1 Å². The second kappa shape index (κ2) is 9.00. The van der Waals surface area contributed by atoms with Gasteiger partial charge in [-0.25, -0.2) is 4.79 Å². The first kappa shape index (κ1) is 20.2. The van der Waals surface area contributed by atoms with Gasteiger partial charge in [0.05, 0.1) is 11.7 Å². The van der Waals surface area contributed by atoms with Crippen molar-refractivity contribution in [2.45, 2.75) is 25.6 Å². The highest BCUT2D eigenvalue weighted by Gasteiger charge is 2.38. The number of likely N-dealkylation sites (tertiary alicyclic amines) is 1. The smallest absolute Gasteiger partial charge is 0.475 e. The first-order valence-corrected chi connectivity index (χ1v) is 8.39. The van der Waals surface area contributed by atoms with Crippen LogP contribution in [0.1, 0.15) is 18.4 Å². The van der Waals surface area contributed by atoms with Crippen molar-refractivity contribution in [3.63, 3.8) is 0 Å². The van der Waals surface area contributed by atoms with Crippen LogP contribution >= 0.6 is 0 Å². The number of carboxylic acid groups (broad SMARTS) is 1. The molecule has 1 aliphatic heterocycles. The van der Waals surface area contributed by atoms with Crippen LogP contribution in [0, 0.1) is 0 Å². The summed E-state index contributed by atoms with van der Waals surface area (Å²) >= 11 is 0. The van der Waals surface area contributed by atoms with Crippen molar-refractivity contribution in [1.82, 2.24) is 20.0 Å². The molecular weight excluding hydrogens is 349 g/mol. The van der Waals surface area contributed by atoms with E-state index in [1.807, 2.05) is 6.20 Å². The molecule has 0 unspecified atom stereocenters. The maximum atomic E-state index is 10.6. The molecular formula is C17H23F3N4O2. The van der Waals surface area contributed by atoms with Gasteiger partial charge in [0, 0.05) is 25.0 Å². The average molecular weight is 372 g/mol. The Kier molecular flexibility index (Phi) is 6.98. The lowest BCUT2D eigenvalue weighted by Crippen LogP contribution is -2.31. The molecule has 1 fully saturated rings. The normalized spacial score (nSPS) is 15.3. The molecule has 0 aliphatic carbocycles. The third-order valence-electron chi connectivity index (χ3n) is 4.20. The van der Waals surface area contributed by atoms with E-state index < -0.39 is 12.1 Å². The van der Waals surface area contributed by atoms with Crippen molar-refractivity contribution in [3.05, 3.63) is 30.0 Å². The highest BCUT2D eigenvalue weighted by molar-refractivity contribution is 5.78. The van der Waals surface area contributed by atoms with Crippen molar-refractivity contribution in [2.75, 3.05) is 33.2 Å². The predicted molar refractivity (Wildman–Crippen MR) is 91.8 cm³/mol. The predicted octanol–water partition coefficient (Wildman–Crippen LogP) is 2.72. The summed E-state index contributed by atoms with van der Waals surface area (Å²) in [6.07, 6.45) is -0.440. The lowest BCUT2D eigenvalue weighted by Gasteiger charge is -2.21. The van der Waals surface area contributed by atoms with Crippen molar-refractivity contribution in [3.8, 4) is 0 Å². The molecule has 2 aromatic rings. The summed E-state index contributed by atoms with van der Waals surface area (Å²) in [6.45, 7) is 5.92. The highest BCUT2D eigenvalue weighted by atomic mass is 19.4. The summed E-state index contributed by atoms with van der Waals surface area (Å²) in [5.74, 6) is -2.76. The molecule has 1 aromatic heterocycles. The molecule has 0 spiro atoms. The largest absolute Gasteiger partial charge is 0.490 e. The fourth-order valence-electron chi connectivity index (χ4n) is 2.80. The topological polar surface area (TPSA) is 72.5 Å². The van der Waals surface area contributed by atoms with Gasteiger partial charge in [-0.1, -0.05) is 6.07 Å². The number of rotatable bonds is 5. The van der Waals surface area contributed by atoms with Gasteiger partial charge in [0.1, 0.15) is 0 Å². The molecule has 1 saturated heterocycles. The molecule has 26 heavy (non-hydrogen) atoms. The van der Waals surface area contributed by atoms with Crippen LogP contribution in [0.3, 0.4) is 0 Å². The van der Waals surface area contributed by atoms with Crippen LogP contribution in [-0.4, -0.2) is 70.5 Å². The van der Waals surface area contributed by atoms with Crippen LogP contribution in [0.4, 0.5) is 13.2 Å². The number of aromatic nitrogens is 2. The zero-order valence-electron chi connectivity index (χ0n) is 14.6. The standard InChI is InChI=1S/C15H22N4.C2HF3O2/c1-18(8-9-19-6-2-3-7-19)12-13-4-5-15-14(10-13)11-16-17-15;3-2(4,5)1(6)7/h4-5,10-11H,2-3,6-9,12H2,1H3,(H,16,17);(H,6,7). The number of hydrogen-bond donors (Lipinski definition) is 2. The van der Waals surface area contributed by atoms with Crippen LogP contribution in [0.25, 0.3) is 10.9 Å². The number of carboxylic acids is 1. The van der Waals surface area contributed by atoms with E-state index >= 15 is 0 Å². The van der Waals surface area contributed by atoms with E-state index in [0.717, 1.165) is 18.6 Å². The number of halogens is 3. The van der Waals surface area contributed by atoms with E-state index in [1.54, 1.807) is 0 Å². The lowest BCUT2D eigenvalue weighted by atomic mass is 10.1.